The van der Waals surface area contributed by atoms with Crippen molar-refractivity contribution in [3.63, 3.8) is 0 Å². The summed E-state index contributed by atoms with van der Waals surface area (Å²) < 4.78 is 6.91. The molecule has 1 N–H and O–H groups in total. The SMILES string of the molecule is COc1ccc(N2CCN([C@@H]3C=C[C@H](n4cn[nH]c4=O)CC3)CC2)cc1. The molecule has 0 spiro atoms. The summed E-state index contributed by atoms with van der Waals surface area (Å²) in [7, 11) is 1.69. The number of rotatable bonds is 4. The average Bonchev–Trinajstić information content (AvgIpc) is 3.14. The molecule has 26 heavy (non-hydrogen) atoms. The van der Waals surface area contributed by atoms with E-state index < -0.39 is 0 Å². The van der Waals surface area contributed by atoms with E-state index in [9.17, 15) is 4.79 Å². The second-order valence-electron chi connectivity index (χ2n) is 6.89. The number of aromatic amines is 1. The van der Waals surface area contributed by atoms with E-state index in [-0.39, 0.29) is 11.7 Å². The van der Waals surface area contributed by atoms with E-state index in [0.717, 1.165) is 44.8 Å². The predicted octanol–water partition coefficient (Wildman–Crippen LogP) is 1.66. The van der Waals surface area contributed by atoms with Gasteiger partial charge in [-0.1, -0.05) is 12.2 Å². The number of nitrogens with one attached hydrogen (secondary N) is 1. The van der Waals surface area contributed by atoms with Crippen molar-refractivity contribution in [3.8, 4) is 5.75 Å². The van der Waals surface area contributed by atoms with Crippen LogP contribution in [0.25, 0.3) is 0 Å². The summed E-state index contributed by atoms with van der Waals surface area (Å²) in [6.07, 6.45) is 8.05. The third-order valence-corrected chi connectivity index (χ3v) is 5.47. The Bertz CT molecular complexity index is 802. The predicted molar refractivity (Wildman–Crippen MR) is 101 cm³/mol. The molecule has 0 unspecified atom stereocenters. The number of allylic oxidation sites excluding steroid dienone is 1. The van der Waals surface area contributed by atoms with Crippen molar-refractivity contribution in [2.75, 3.05) is 38.2 Å². The number of hydrogen-bond acceptors (Lipinski definition) is 5. The molecular weight excluding hydrogens is 330 g/mol. The van der Waals surface area contributed by atoms with Gasteiger partial charge in [0.25, 0.3) is 0 Å². The lowest BCUT2D eigenvalue weighted by Crippen LogP contribution is -2.50. The average molecular weight is 355 g/mol. The van der Waals surface area contributed by atoms with Crippen molar-refractivity contribution in [3.05, 3.63) is 53.2 Å². The zero-order chi connectivity index (χ0) is 17.9. The van der Waals surface area contributed by atoms with E-state index in [1.807, 2.05) is 12.1 Å². The molecule has 1 aliphatic heterocycles. The fraction of sp³-hybridized carbons (Fsp3) is 0.474. The van der Waals surface area contributed by atoms with Gasteiger partial charge in [-0.05, 0) is 37.1 Å². The van der Waals surface area contributed by atoms with Gasteiger partial charge < -0.3 is 9.64 Å². The highest BCUT2D eigenvalue weighted by molar-refractivity contribution is 5.49. The molecule has 4 rings (SSSR count). The highest BCUT2D eigenvalue weighted by Gasteiger charge is 2.26. The minimum Gasteiger partial charge on any atom is -0.497 e. The van der Waals surface area contributed by atoms with Crippen LogP contribution < -0.4 is 15.3 Å². The molecule has 138 valence electrons. The smallest absolute Gasteiger partial charge is 0.343 e. The summed E-state index contributed by atoms with van der Waals surface area (Å²) in [5.74, 6) is 0.894. The van der Waals surface area contributed by atoms with Crippen molar-refractivity contribution in [1.82, 2.24) is 19.7 Å². The molecule has 0 saturated carbocycles. The largest absolute Gasteiger partial charge is 0.497 e. The Morgan fingerprint density at radius 1 is 1.04 bits per heavy atom. The molecule has 2 heterocycles. The minimum atomic E-state index is -0.133. The molecule has 2 aromatic rings. The summed E-state index contributed by atoms with van der Waals surface area (Å²) in [5.41, 5.74) is 1.12. The second kappa shape index (κ2) is 7.37. The number of anilines is 1. The summed E-state index contributed by atoms with van der Waals surface area (Å²) in [5, 5.41) is 6.29. The first-order valence-electron chi connectivity index (χ1n) is 9.17. The quantitative estimate of drug-likeness (QED) is 0.845. The highest BCUT2D eigenvalue weighted by Crippen LogP contribution is 2.26. The first kappa shape index (κ1) is 16.9. The van der Waals surface area contributed by atoms with Crippen LogP contribution >= 0.6 is 0 Å². The molecule has 2 atom stereocenters. The van der Waals surface area contributed by atoms with Crippen LogP contribution in [-0.4, -0.2) is 59.0 Å². The Morgan fingerprint density at radius 3 is 2.31 bits per heavy atom. The van der Waals surface area contributed by atoms with Crippen LogP contribution in [-0.2, 0) is 0 Å². The zero-order valence-electron chi connectivity index (χ0n) is 15.0. The van der Waals surface area contributed by atoms with Crippen LogP contribution in [0, 0.1) is 0 Å². The number of hydrogen-bond donors (Lipinski definition) is 1. The maximum Gasteiger partial charge on any atom is 0.343 e. The molecule has 1 fully saturated rings. The monoisotopic (exact) mass is 355 g/mol. The number of aromatic nitrogens is 3. The van der Waals surface area contributed by atoms with Crippen LogP contribution in [0.15, 0.2) is 47.5 Å². The minimum absolute atomic E-state index is 0.123. The zero-order valence-corrected chi connectivity index (χ0v) is 15.0. The van der Waals surface area contributed by atoms with E-state index in [0.29, 0.717) is 6.04 Å². The van der Waals surface area contributed by atoms with E-state index in [1.165, 1.54) is 5.69 Å². The van der Waals surface area contributed by atoms with E-state index >= 15 is 0 Å². The van der Waals surface area contributed by atoms with Crippen molar-refractivity contribution in [1.29, 1.82) is 0 Å². The van der Waals surface area contributed by atoms with Crippen LogP contribution in [0.2, 0.25) is 0 Å². The van der Waals surface area contributed by atoms with Gasteiger partial charge in [-0.2, -0.15) is 5.10 Å². The molecule has 2 aliphatic rings. The maximum absolute atomic E-state index is 11.7. The molecule has 0 amide bonds. The van der Waals surface area contributed by atoms with E-state index in [1.54, 1.807) is 18.0 Å². The third-order valence-electron chi connectivity index (χ3n) is 5.47. The number of ether oxygens (including phenoxy) is 1. The number of benzene rings is 1. The number of H-pyrrole nitrogens is 1. The van der Waals surface area contributed by atoms with Gasteiger partial charge in [0.15, 0.2) is 0 Å². The lowest BCUT2D eigenvalue weighted by molar-refractivity contribution is 0.195. The lowest BCUT2D eigenvalue weighted by atomic mass is 9.96. The summed E-state index contributed by atoms with van der Waals surface area (Å²) >= 11 is 0. The van der Waals surface area contributed by atoms with Crippen LogP contribution in [0.5, 0.6) is 5.75 Å². The fourth-order valence-corrected chi connectivity index (χ4v) is 3.92. The topological polar surface area (TPSA) is 66.4 Å². The Labute approximate surface area is 152 Å². The van der Waals surface area contributed by atoms with E-state index in [2.05, 4.69) is 44.3 Å². The Kier molecular flexibility index (Phi) is 4.79. The van der Waals surface area contributed by atoms with Gasteiger partial charge in [0, 0.05) is 37.9 Å². The van der Waals surface area contributed by atoms with Crippen molar-refractivity contribution >= 4 is 5.69 Å². The first-order chi connectivity index (χ1) is 12.7. The molecule has 0 bridgehead atoms. The van der Waals surface area contributed by atoms with Gasteiger partial charge in [-0.3, -0.25) is 9.47 Å². The standard InChI is InChI=1S/C19H25N5O2/c1-26-18-8-6-16(7-9-18)23-12-10-22(11-13-23)15-2-4-17(5-3-15)24-14-20-21-19(24)25/h2,4,6-9,14-15,17H,3,5,10-13H2,1H3,(H,21,25)/t15-,17+/m1/s1. The van der Waals surface area contributed by atoms with Gasteiger partial charge in [0.1, 0.15) is 12.1 Å². The fourth-order valence-electron chi connectivity index (χ4n) is 3.92. The van der Waals surface area contributed by atoms with Gasteiger partial charge in [0.05, 0.1) is 13.2 Å². The Hall–Kier alpha value is -2.54. The molecule has 1 aromatic heterocycles. The highest BCUT2D eigenvalue weighted by atomic mass is 16.5. The van der Waals surface area contributed by atoms with Crippen LogP contribution in [0.1, 0.15) is 18.9 Å². The number of methoxy groups -OCH3 is 1. The maximum atomic E-state index is 11.7. The third kappa shape index (κ3) is 3.39. The molecule has 1 aliphatic carbocycles. The van der Waals surface area contributed by atoms with Crippen LogP contribution in [0.4, 0.5) is 5.69 Å². The van der Waals surface area contributed by atoms with Gasteiger partial charge >= 0.3 is 5.69 Å². The molecular formula is C19H25N5O2. The van der Waals surface area contributed by atoms with Crippen molar-refractivity contribution < 1.29 is 4.74 Å². The summed E-state index contributed by atoms with van der Waals surface area (Å²) in [6.45, 7) is 4.16. The van der Waals surface area contributed by atoms with Gasteiger partial charge in [-0.25, -0.2) is 9.89 Å². The second-order valence-corrected chi connectivity index (χ2v) is 6.89. The number of piperazine rings is 1. The Balaban J connectivity index is 1.33. The normalized spacial score (nSPS) is 24.0. The van der Waals surface area contributed by atoms with Gasteiger partial charge in [-0.15, -0.1) is 0 Å². The summed E-state index contributed by atoms with van der Waals surface area (Å²) in [4.78, 5) is 16.7. The molecule has 1 aromatic carbocycles. The molecule has 7 heteroatoms. The molecule has 0 radical (unpaired) electrons. The lowest BCUT2D eigenvalue weighted by Gasteiger charge is -2.40. The van der Waals surface area contributed by atoms with Gasteiger partial charge in [0.2, 0.25) is 0 Å². The van der Waals surface area contributed by atoms with Crippen LogP contribution in [0.3, 0.4) is 0 Å². The molecule has 1 saturated heterocycles. The van der Waals surface area contributed by atoms with Crippen molar-refractivity contribution in [2.45, 2.75) is 24.9 Å². The van der Waals surface area contributed by atoms with Crippen molar-refractivity contribution in [2.24, 2.45) is 0 Å². The Morgan fingerprint density at radius 2 is 1.73 bits per heavy atom. The number of nitrogens with zero attached hydrogens (tertiary/aromatic N) is 4. The summed E-state index contributed by atoms with van der Waals surface area (Å²) in [6, 6.07) is 8.88. The van der Waals surface area contributed by atoms with E-state index in [4.69, 9.17) is 4.74 Å². The first-order valence-corrected chi connectivity index (χ1v) is 9.17. The molecule has 7 nitrogen and oxygen atoms in total.